The molecule has 104 valence electrons. The van der Waals surface area contributed by atoms with Crippen LogP contribution in [0.25, 0.3) is 0 Å². The van der Waals surface area contributed by atoms with Gasteiger partial charge in [-0.3, -0.25) is 0 Å². The van der Waals surface area contributed by atoms with E-state index in [1.54, 1.807) is 36.2 Å². The summed E-state index contributed by atoms with van der Waals surface area (Å²) in [5.41, 5.74) is 0.455. The Bertz CT molecular complexity index is 448. The fourth-order valence-corrected chi connectivity index (χ4v) is 1.48. The smallest absolute Gasteiger partial charge is 0.341 e. The number of carbonyl (C=O) groups excluding carboxylic acids is 1. The van der Waals surface area contributed by atoms with Crippen molar-refractivity contribution in [3.8, 4) is 5.75 Å². The highest BCUT2D eigenvalue weighted by atomic mass is 16.5. The first-order valence-corrected chi connectivity index (χ1v) is 6.00. The molecule has 0 spiro atoms. The molecular weight excluding hydrogens is 248 g/mol. The molecule has 1 aromatic rings. The lowest BCUT2D eigenvalue weighted by Gasteiger charge is -2.18. The van der Waals surface area contributed by atoms with Crippen LogP contribution < -0.4 is 10.1 Å². The molecule has 2 amide bonds. The number of hydrogen-bond acceptors (Lipinski definition) is 3. The number of aliphatic carboxylic acids is 1. The van der Waals surface area contributed by atoms with Crippen molar-refractivity contribution < 1.29 is 19.4 Å². The lowest BCUT2D eigenvalue weighted by molar-refractivity contribution is -0.139. The van der Waals surface area contributed by atoms with E-state index in [1.165, 1.54) is 0 Å². The molecule has 0 aliphatic heterocycles. The van der Waals surface area contributed by atoms with Crippen molar-refractivity contribution in [1.29, 1.82) is 0 Å². The number of anilines is 1. The molecule has 0 aliphatic carbocycles. The highest BCUT2D eigenvalue weighted by Gasteiger charge is 2.11. The van der Waals surface area contributed by atoms with Crippen molar-refractivity contribution in [2.45, 2.75) is 13.3 Å². The Balaban J connectivity index is 2.71. The first kappa shape index (κ1) is 14.8. The molecule has 0 heterocycles. The number of carboxylic acids is 1. The van der Waals surface area contributed by atoms with Gasteiger partial charge >= 0.3 is 12.0 Å². The van der Waals surface area contributed by atoms with Gasteiger partial charge in [-0.05, 0) is 18.6 Å². The molecule has 0 atom stereocenters. The molecule has 2 N–H and O–H groups in total. The molecule has 1 rings (SSSR count). The second kappa shape index (κ2) is 7.25. The maximum absolute atomic E-state index is 11.8. The number of amides is 2. The van der Waals surface area contributed by atoms with Gasteiger partial charge in [-0.25, -0.2) is 9.59 Å². The minimum Gasteiger partial charge on any atom is -0.480 e. The van der Waals surface area contributed by atoms with E-state index < -0.39 is 12.6 Å². The van der Waals surface area contributed by atoms with Crippen molar-refractivity contribution in [3.05, 3.63) is 24.3 Å². The molecule has 19 heavy (non-hydrogen) atoms. The number of carboxylic acid groups (broad SMARTS) is 1. The molecule has 6 nitrogen and oxygen atoms in total. The molecule has 1 aromatic carbocycles. The maximum atomic E-state index is 11.8. The van der Waals surface area contributed by atoms with E-state index in [0.717, 1.165) is 6.42 Å². The summed E-state index contributed by atoms with van der Waals surface area (Å²) >= 11 is 0. The van der Waals surface area contributed by atoms with Crippen molar-refractivity contribution in [1.82, 2.24) is 4.90 Å². The SMILES string of the molecule is CCCN(C)C(=O)Nc1ccccc1OCC(=O)O. The van der Waals surface area contributed by atoms with Crippen molar-refractivity contribution in [2.24, 2.45) is 0 Å². The maximum Gasteiger partial charge on any atom is 0.341 e. The van der Waals surface area contributed by atoms with E-state index in [4.69, 9.17) is 9.84 Å². The zero-order valence-electron chi connectivity index (χ0n) is 11.0. The number of nitrogens with zero attached hydrogens (tertiary/aromatic N) is 1. The summed E-state index contributed by atoms with van der Waals surface area (Å²) in [6.45, 7) is 2.18. The van der Waals surface area contributed by atoms with Crippen LogP contribution in [0.2, 0.25) is 0 Å². The van der Waals surface area contributed by atoms with E-state index in [9.17, 15) is 9.59 Å². The zero-order valence-corrected chi connectivity index (χ0v) is 11.0. The van der Waals surface area contributed by atoms with Gasteiger partial charge in [0.1, 0.15) is 5.75 Å². The Kier molecular flexibility index (Phi) is 5.66. The third kappa shape index (κ3) is 4.87. The molecule has 0 bridgehead atoms. The van der Waals surface area contributed by atoms with Gasteiger partial charge in [-0.1, -0.05) is 19.1 Å². The summed E-state index contributed by atoms with van der Waals surface area (Å²) in [5, 5.41) is 11.3. The summed E-state index contributed by atoms with van der Waals surface area (Å²) in [4.78, 5) is 23.9. The first-order valence-electron chi connectivity index (χ1n) is 6.00. The number of urea groups is 1. The molecular formula is C13H18N2O4. The van der Waals surface area contributed by atoms with Crippen LogP contribution in [0.5, 0.6) is 5.75 Å². The second-order valence-corrected chi connectivity index (χ2v) is 4.03. The standard InChI is InChI=1S/C13H18N2O4/c1-3-8-15(2)13(18)14-10-6-4-5-7-11(10)19-9-12(16)17/h4-7H,3,8-9H2,1-2H3,(H,14,18)(H,16,17). The van der Waals surface area contributed by atoms with Gasteiger partial charge in [0.25, 0.3) is 0 Å². The van der Waals surface area contributed by atoms with Crippen LogP contribution in [0.15, 0.2) is 24.3 Å². The van der Waals surface area contributed by atoms with Crippen LogP contribution in [-0.4, -0.2) is 42.2 Å². The number of nitrogens with one attached hydrogen (secondary N) is 1. The zero-order chi connectivity index (χ0) is 14.3. The predicted octanol–water partition coefficient (Wildman–Crippen LogP) is 2.02. The number of para-hydroxylation sites is 2. The van der Waals surface area contributed by atoms with Crippen LogP contribution in [0, 0.1) is 0 Å². The second-order valence-electron chi connectivity index (χ2n) is 4.03. The average Bonchev–Trinajstić information content (AvgIpc) is 2.37. The number of rotatable bonds is 6. The molecule has 0 aromatic heterocycles. The summed E-state index contributed by atoms with van der Waals surface area (Å²) in [7, 11) is 1.69. The Labute approximate surface area is 112 Å². The molecule has 0 radical (unpaired) electrons. The quantitative estimate of drug-likeness (QED) is 0.825. The molecule has 0 fully saturated rings. The largest absolute Gasteiger partial charge is 0.480 e. The van der Waals surface area contributed by atoms with Crippen LogP contribution in [0.1, 0.15) is 13.3 Å². The molecule has 6 heteroatoms. The third-order valence-electron chi connectivity index (χ3n) is 2.39. The van der Waals surface area contributed by atoms with E-state index in [2.05, 4.69) is 5.32 Å². The fraction of sp³-hybridized carbons (Fsp3) is 0.385. The summed E-state index contributed by atoms with van der Waals surface area (Å²) in [6, 6.07) is 6.46. The van der Waals surface area contributed by atoms with Gasteiger partial charge < -0.3 is 20.1 Å². The Morgan fingerprint density at radius 3 is 2.68 bits per heavy atom. The van der Waals surface area contributed by atoms with Gasteiger partial charge in [0.05, 0.1) is 5.69 Å². The van der Waals surface area contributed by atoms with Crippen LogP contribution in [0.4, 0.5) is 10.5 Å². The van der Waals surface area contributed by atoms with E-state index in [0.29, 0.717) is 18.0 Å². The van der Waals surface area contributed by atoms with E-state index >= 15 is 0 Å². The van der Waals surface area contributed by atoms with Crippen molar-refractivity contribution in [3.63, 3.8) is 0 Å². The highest BCUT2D eigenvalue weighted by molar-refractivity contribution is 5.90. The van der Waals surface area contributed by atoms with Gasteiger partial charge in [0, 0.05) is 13.6 Å². The molecule has 0 aliphatic rings. The summed E-state index contributed by atoms with van der Waals surface area (Å²) < 4.78 is 5.11. The minimum atomic E-state index is -1.07. The molecule has 0 saturated heterocycles. The molecule has 0 unspecified atom stereocenters. The minimum absolute atomic E-state index is 0.256. The number of ether oxygens (including phenoxy) is 1. The van der Waals surface area contributed by atoms with E-state index in [1.807, 2.05) is 6.92 Å². The lowest BCUT2D eigenvalue weighted by atomic mass is 10.3. The van der Waals surface area contributed by atoms with Gasteiger partial charge in [-0.15, -0.1) is 0 Å². The Morgan fingerprint density at radius 2 is 2.05 bits per heavy atom. The van der Waals surface area contributed by atoms with Crippen LogP contribution >= 0.6 is 0 Å². The fourth-order valence-electron chi connectivity index (χ4n) is 1.48. The van der Waals surface area contributed by atoms with Crippen LogP contribution in [-0.2, 0) is 4.79 Å². The van der Waals surface area contributed by atoms with Gasteiger partial charge in [0.2, 0.25) is 0 Å². The van der Waals surface area contributed by atoms with E-state index in [-0.39, 0.29) is 6.03 Å². The van der Waals surface area contributed by atoms with Crippen molar-refractivity contribution in [2.75, 3.05) is 25.5 Å². The Morgan fingerprint density at radius 1 is 1.37 bits per heavy atom. The van der Waals surface area contributed by atoms with Gasteiger partial charge in [0.15, 0.2) is 6.61 Å². The topological polar surface area (TPSA) is 78.9 Å². The number of benzene rings is 1. The predicted molar refractivity (Wildman–Crippen MR) is 71.5 cm³/mol. The molecule has 0 saturated carbocycles. The highest BCUT2D eigenvalue weighted by Crippen LogP contribution is 2.23. The van der Waals surface area contributed by atoms with Crippen molar-refractivity contribution >= 4 is 17.7 Å². The average molecular weight is 266 g/mol. The number of hydrogen-bond donors (Lipinski definition) is 2. The monoisotopic (exact) mass is 266 g/mol. The lowest BCUT2D eigenvalue weighted by Crippen LogP contribution is -2.32. The van der Waals surface area contributed by atoms with Crippen LogP contribution in [0.3, 0.4) is 0 Å². The first-order chi connectivity index (χ1) is 9.04. The summed E-state index contributed by atoms with van der Waals surface area (Å²) in [5.74, 6) is -0.729. The third-order valence-corrected chi connectivity index (χ3v) is 2.39. The summed E-state index contributed by atoms with van der Waals surface area (Å²) in [6.07, 6.45) is 0.862. The Hall–Kier alpha value is -2.24. The number of carbonyl (C=O) groups is 2. The normalized spacial score (nSPS) is 9.79. The van der Waals surface area contributed by atoms with Gasteiger partial charge in [-0.2, -0.15) is 0 Å².